The van der Waals surface area contributed by atoms with Crippen LogP contribution in [-0.2, 0) is 0 Å². The largest absolute Gasteiger partial charge is 0.396 e. The predicted molar refractivity (Wildman–Crippen MR) is 71.9 cm³/mol. The van der Waals surface area contributed by atoms with Gasteiger partial charge in [0.2, 0.25) is 0 Å². The highest BCUT2D eigenvalue weighted by molar-refractivity contribution is 6.89. The van der Waals surface area contributed by atoms with Crippen molar-refractivity contribution in [2.45, 2.75) is 64.6 Å². The molecular weight excluding hydrogens is 200 g/mol. The fraction of sp³-hybridized carbons (Fsp3) is 0.846. The lowest BCUT2D eigenvalue weighted by atomic mass is 10.4. The summed E-state index contributed by atoms with van der Waals surface area (Å²) in [4.78, 5) is 0. The lowest BCUT2D eigenvalue weighted by Gasteiger charge is -2.45. The number of aliphatic hydroxyl groups is 1. The number of hydrogen-bond donors (Lipinski definition) is 1. The van der Waals surface area contributed by atoms with Gasteiger partial charge in [0, 0.05) is 6.61 Å². The van der Waals surface area contributed by atoms with E-state index in [1.54, 1.807) is 0 Å². The van der Waals surface area contributed by atoms with E-state index in [9.17, 15) is 0 Å². The molecule has 0 aromatic heterocycles. The Balaban J connectivity index is 5.22. The van der Waals surface area contributed by atoms with Crippen LogP contribution in [0.15, 0.2) is 11.8 Å². The molecule has 0 aliphatic carbocycles. The Kier molecular flexibility index (Phi) is 5.82. The zero-order valence-electron chi connectivity index (χ0n) is 11.3. The second-order valence-electron chi connectivity index (χ2n) is 5.47. The summed E-state index contributed by atoms with van der Waals surface area (Å²) in [5.74, 6) is 0. The van der Waals surface area contributed by atoms with Gasteiger partial charge in [-0.3, -0.25) is 0 Å². The van der Waals surface area contributed by atoms with Gasteiger partial charge in [0.15, 0.2) is 0 Å². The average Bonchev–Trinajstić information content (AvgIpc) is 2.02. The zero-order chi connectivity index (χ0) is 12.2. The summed E-state index contributed by atoms with van der Waals surface area (Å²) in [5.41, 5.74) is 2.12. The Hall–Kier alpha value is -0.0831. The van der Waals surface area contributed by atoms with Crippen molar-refractivity contribution in [3.05, 3.63) is 11.8 Å². The highest BCUT2D eigenvalue weighted by Gasteiger charge is 2.44. The lowest BCUT2D eigenvalue weighted by molar-refractivity contribution is 0.301. The molecule has 0 spiro atoms. The van der Waals surface area contributed by atoms with Gasteiger partial charge in [0.05, 0.1) is 8.07 Å². The van der Waals surface area contributed by atoms with Gasteiger partial charge in [0.1, 0.15) is 0 Å². The third-order valence-corrected chi connectivity index (χ3v) is 11.1. The van der Waals surface area contributed by atoms with E-state index in [1.165, 1.54) is 5.20 Å². The summed E-state index contributed by atoms with van der Waals surface area (Å²) < 4.78 is 0. The van der Waals surface area contributed by atoms with Crippen LogP contribution in [0.2, 0.25) is 16.6 Å². The van der Waals surface area contributed by atoms with Crippen molar-refractivity contribution >= 4 is 8.07 Å². The van der Waals surface area contributed by atoms with Crippen LogP contribution < -0.4 is 0 Å². The van der Waals surface area contributed by atoms with Crippen molar-refractivity contribution in [2.75, 3.05) is 6.61 Å². The minimum atomic E-state index is -1.51. The van der Waals surface area contributed by atoms with Crippen molar-refractivity contribution in [2.24, 2.45) is 0 Å². The summed E-state index contributed by atoms with van der Waals surface area (Å²) in [5, 5.41) is 10.5. The fourth-order valence-electron chi connectivity index (χ4n) is 3.58. The van der Waals surface area contributed by atoms with Crippen LogP contribution in [0.5, 0.6) is 0 Å². The highest BCUT2D eigenvalue weighted by Crippen LogP contribution is 2.46. The second-order valence-corrected chi connectivity index (χ2v) is 11.5. The molecule has 0 aromatic carbocycles. The topological polar surface area (TPSA) is 20.2 Å². The van der Waals surface area contributed by atoms with Crippen molar-refractivity contribution in [1.82, 2.24) is 0 Å². The molecule has 0 aromatic rings. The maximum Gasteiger partial charge on any atom is 0.0884 e. The molecule has 0 fully saturated rings. The minimum Gasteiger partial charge on any atom is -0.396 e. The molecule has 0 aliphatic rings. The van der Waals surface area contributed by atoms with Gasteiger partial charge in [-0.15, -0.1) is 6.58 Å². The molecule has 0 saturated heterocycles. The van der Waals surface area contributed by atoms with Crippen LogP contribution in [0.1, 0.15) is 48.0 Å². The Bertz CT molecular complexity index is 185. The van der Waals surface area contributed by atoms with Gasteiger partial charge < -0.3 is 5.11 Å². The van der Waals surface area contributed by atoms with E-state index in [1.807, 2.05) is 0 Å². The van der Waals surface area contributed by atoms with Gasteiger partial charge in [-0.05, 0) is 23.0 Å². The number of rotatable bonds is 6. The predicted octanol–water partition coefficient (Wildman–Crippen LogP) is 4.14. The molecule has 1 nitrogen and oxygen atoms in total. The molecule has 0 radical (unpaired) electrons. The summed E-state index contributed by atoms with van der Waals surface area (Å²) in [7, 11) is -1.51. The van der Waals surface area contributed by atoms with Crippen LogP contribution >= 0.6 is 0 Å². The quantitative estimate of drug-likeness (QED) is 0.677. The van der Waals surface area contributed by atoms with Crippen molar-refractivity contribution in [3.63, 3.8) is 0 Å². The Labute approximate surface area is 96.6 Å². The van der Waals surface area contributed by atoms with Gasteiger partial charge in [-0.25, -0.2) is 0 Å². The first-order valence-corrected chi connectivity index (χ1v) is 8.34. The normalized spacial score (nSPS) is 12.9. The van der Waals surface area contributed by atoms with E-state index in [-0.39, 0.29) is 6.61 Å². The maximum absolute atomic E-state index is 9.11. The molecule has 15 heavy (non-hydrogen) atoms. The van der Waals surface area contributed by atoms with E-state index in [0.29, 0.717) is 16.6 Å². The smallest absolute Gasteiger partial charge is 0.0884 e. The Morgan fingerprint density at radius 3 is 1.53 bits per heavy atom. The SMILES string of the molecule is C=C(CCO)[Si](C(C)C)(C(C)C)C(C)C. The van der Waals surface area contributed by atoms with Gasteiger partial charge in [-0.1, -0.05) is 46.7 Å². The number of hydrogen-bond acceptors (Lipinski definition) is 1. The summed E-state index contributed by atoms with van der Waals surface area (Å²) >= 11 is 0. The van der Waals surface area contributed by atoms with Crippen molar-refractivity contribution in [3.8, 4) is 0 Å². The summed E-state index contributed by atoms with van der Waals surface area (Å²) in [6.45, 7) is 18.5. The highest BCUT2D eigenvalue weighted by atomic mass is 28.3. The third-order valence-electron chi connectivity index (χ3n) is 3.89. The molecule has 0 atom stereocenters. The van der Waals surface area contributed by atoms with Gasteiger partial charge in [-0.2, -0.15) is 0 Å². The minimum absolute atomic E-state index is 0.250. The molecule has 0 amide bonds. The number of aliphatic hydroxyl groups excluding tert-OH is 1. The molecule has 1 N–H and O–H groups in total. The second kappa shape index (κ2) is 5.85. The van der Waals surface area contributed by atoms with Crippen molar-refractivity contribution in [1.29, 1.82) is 0 Å². The van der Waals surface area contributed by atoms with Crippen molar-refractivity contribution < 1.29 is 5.11 Å². The molecule has 90 valence electrons. The molecule has 0 saturated carbocycles. The van der Waals surface area contributed by atoms with Gasteiger partial charge in [0.25, 0.3) is 0 Å². The molecule has 0 unspecified atom stereocenters. The van der Waals surface area contributed by atoms with E-state index in [4.69, 9.17) is 5.11 Å². The summed E-state index contributed by atoms with van der Waals surface area (Å²) in [6, 6.07) is 0. The molecule has 0 bridgehead atoms. The molecule has 2 heteroatoms. The molecule has 0 aliphatic heterocycles. The first-order valence-electron chi connectivity index (χ1n) is 6.10. The van der Waals surface area contributed by atoms with E-state index < -0.39 is 8.07 Å². The third kappa shape index (κ3) is 2.73. The lowest BCUT2D eigenvalue weighted by Crippen LogP contribution is -2.46. The molecule has 0 rings (SSSR count). The fourth-order valence-corrected chi connectivity index (χ4v) is 10.6. The molecular formula is C13H28OSi. The first-order chi connectivity index (χ1) is 6.81. The van der Waals surface area contributed by atoms with Crippen LogP contribution in [0, 0.1) is 0 Å². The van der Waals surface area contributed by atoms with Crippen LogP contribution in [-0.4, -0.2) is 19.8 Å². The first kappa shape index (κ1) is 14.9. The zero-order valence-corrected chi connectivity index (χ0v) is 12.3. The average molecular weight is 228 g/mol. The standard InChI is InChI=1S/C13H28OSi/c1-10(2)15(11(3)4,12(5)6)13(7)8-9-14/h10-12,14H,7-9H2,1-6H3. The van der Waals surface area contributed by atoms with Crippen LogP contribution in [0.4, 0.5) is 0 Å². The van der Waals surface area contributed by atoms with Crippen LogP contribution in [0.25, 0.3) is 0 Å². The van der Waals surface area contributed by atoms with E-state index in [0.717, 1.165) is 6.42 Å². The maximum atomic E-state index is 9.11. The van der Waals surface area contributed by atoms with E-state index >= 15 is 0 Å². The monoisotopic (exact) mass is 228 g/mol. The Morgan fingerprint density at radius 2 is 1.33 bits per heavy atom. The van der Waals surface area contributed by atoms with Gasteiger partial charge >= 0.3 is 0 Å². The van der Waals surface area contributed by atoms with Crippen LogP contribution in [0.3, 0.4) is 0 Å². The summed E-state index contributed by atoms with van der Waals surface area (Å²) in [6.07, 6.45) is 0.792. The Morgan fingerprint density at radius 1 is 1.00 bits per heavy atom. The molecule has 0 heterocycles. The van der Waals surface area contributed by atoms with E-state index in [2.05, 4.69) is 48.1 Å².